The number of methoxy groups -OCH3 is 2. The van der Waals surface area contributed by atoms with E-state index in [4.69, 9.17) is 9.47 Å². The Hall–Kier alpha value is -3.78. The molecule has 0 fully saturated rings. The summed E-state index contributed by atoms with van der Waals surface area (Å²) in [5.41, 5.74) is 4.81. The van der Waals surface area contributed by atoms with E-state index in [1.54, 1.807) is 14.2 Å². The number of para-hydroxylation sites is 1. The van der Waals surface area contributed by atoms with Crippen LogP contribution in [-0.2, 0) is 11.2 Å². The largest absolute Gasteiger partial charge is 0.497 e. The van der Waals surface area contributed by atoms with Crippen LogP contribution in [0.25, 0.3) is 17.1 Å². The van der Waals surface area contributed by atoms with Crippen LogP contribution in [0.3, 0.4) is 0 Å². The van der Waals surface area contributed by atoms with Crippen LogP contribution in [0.2, 0.25) is 0 Å². The zero-order chi connectivity index (χ0) is 24.8. The molecule has 1 N–H and O–H groups in total. The van der Waals surface area contributed by atoms with E-state index in [-0.39, 0.29) is 11.7 Å². The van der Waals surface area contributed by atoms with Crippen LogP contribution in [0.5, 0.6) is 11.5 Å². The third-order valence-corrected chi connectivity index (χ3v) is 6.58. The van der Waals surface area contributed by atoms with Crippen molar-refractivity contribution in [3.05, 3.63) is 77.9 Å². The molecule has 0 bridgehead atoms. The minimum atomic E-state index is -0.0886. The van der Waals surface area contributed by atoms with Crippen molar-refractivity contribution in [1.82, 2.24) is 14.8 Å². The normalized spacial score (nSPS) is 10.7. The molecule has 0 saturated heterocycles. The summed E-state index contributed by atoms with van der Waals surface area (Å²) < 4.78 is 12.5. The number of benzene rings is 3. The summed E-state index contributed by atoms with van der Waals surface area (Å²) in [5.74, 6) is 2.31. The number of carbonyl (C=O) groups excluding carboxylic acids is 1. The van der Waals surface area contributed by atoms with Gasteiger partial charge < -0.3 is 14.8 Å². The maximum atomic E-state index is 12.9. The fourth-order valence-corrected chi connectivity index (χ4v) is 4.51. The number of hydrogen-bond donors (Lipinski definition) is 1. The Labute approximate surface area is 209 Å². The first-order valence-corrected chi connectivity index (χ1v) is 12.3. The molecular weight excluding hydrogens is 460 g/mol. The van der Waals surface area contributed by atoms with Gasteiger partial charge in [0.15, 0.2) is 11.0 Å². The first-order valence-electron chi connectivity index (χ1n) is 11.3. The Balaban J connectivity index is 1.61. The summed E-state index contributed by atoms with van der Waals surface area (Å²) in [5, 5.41) is 12.6. The zero-order valence-corrected chi connectivity index (χ0v) is 21.1. The first-order chi connectivity index (χ1) is 17.0. The molecule has 0 unspecified atom stereocenters. The molecule has 4 rings (SSSR count). The van der Waals surface area contributed by atoms with Crippen LogP contribution in [0.4, 0.5) is 5.69 Å². The number of anilines is 1. The third-order valence-electron chi connectivity index (χ3n) is 5.65. The highest BCUT2D eigenvalue weighted by molar-refractivity contribution is 7.99. The van der Waals surface area contributed by atoms with Crippen LogP contribution in [0.15, 0.2) is 71.9 Å². The smallest absolute Gasteiger partial charge is 0.234 e. The Bertz CT molecular complexity index is 1300. The second-order valence-corrected chi connectivity index (χ2v) is 8.81. The molecule has 0 atom stereocenters. The van der Waals surface area contributed by atoms with Crippen molar-refractivity contribution in [2.45, 2.75) is 25.4 Å². The molecule has 0 aliphatic rings. The summed E-state index contributed by atoms with van der Waals surface area (Å²) >= 11 is 1.34. The van der Waals surface area contributed by atoms with Crippen molar-refractivity contribution in [1.29, 1.82) is 0 Å². The molecule has 0 aliphatic heterocycles. The average Bonchev–Trinajstić information content (AvgIpc) is 3.32. The number of aryl methyl sites for hydroxylation is 2. The van der Waals surface area contributed by atoms with Gasteiger partial charge in [-0.2, -0.15) is 0 Å². The van der Waals surface area contributed by atoms with Crippen LogP contribution in [-0.4, -0.2) is 40.6 Å². The number of ether oxygens (including phenoxy) is 2. The van der Waals surface area contributed by atoms with Crippen molar-refractivity contribution < 1.29 is 14.3 Å². The topological polar surface area (TPSA) is 78.3 Å². The molecule has 1 amide bonds. The van der Waals surface area contributed by atoms with Gasteiger partial charge in [-0.1, -0.05) is 36.9 Å². The number of thioether (sulfide) groups is 1. The average molecular weight is 489 g/mol. The quantitative estimate of drug-likeness (QED) is 0.311. The molecule has 3 aromatic carbocycles. The fourth-order valence-electron chi connectivity index (χ4n) is 3.76. The minimum absolute atomic E-state index is 0.0886. The van der Waals surface area contributed by atoms with E-state index in [9.17, 15) is 4.79 Å². The highest BCUT2D eigenvalue weighted by atomic mass is 32.2. The number of hydrogen-bond acceptors (Lipinski definition) is 6. The molecule has 8 heteroatoms. The third kappa shape index (κ3) is 5.49. The van der Waals surface area contributed by atoms with E-state index in [1.165, 1.54) is 11.8 Å². The highest BCUT2D eigenvalue weighted by Crippen LogP contribution is 2.30. The second-order valence-electron chi connectivity index (χ2n) is 7.87. The van der Waals surface area contributed by atoms with Gasteiger partial charge in [-0.25, -0.2) is 0 Å². The Morgan fingerprint density at radius 3 is 2.23 bits per heavy atom. The van der Waals surface area contributed by atoms with Gasteiger partial charge in [-0.3, -0.25) is 9.36 Å². The summed E-state index contributed by atoms with van der Waals surface area (Å²) in [7, 11) is 3.27. The van der Waals surface area contributed by atoms with E-state index in [0.29, 0.717) is 11.0 Å². The summed E-state index contributed by atoms with van der Waals surface area (Å²) in [6.45, 7) is 4.08. The molecule has 0 aliphatic carbocycles. The lowest BCUT2D eigenvalue weighted by atomic mass is 10.1. The lowest BCUT2D eigenvalue weighted by Crippen LogP contribution is -2.16. The summed E-state index contributed by atoms with van der Waals surface area (Å²) in [6, 6.07) is 21.4. The molecular formula is C27H28N4O3S. The van der Waals surface area contributed by atoms with Gasteiger partial charge in [0.05, 0.1) is 20.0 Å². The summed E-state index contributed by atoms with van der Waals surface area (Å²) in [4.78, 5) is 12.9. The second kappa shape index (κ2) is 11.1. The van der Waals surface area contributed by atoms with Gasteiger partial charge >= 0.3 is 0 Å². The van der Waals surface area contributed by atoms with Crippen LogP contribution in [0.1, 0.15) is 18.1 Å². The van der Waals surface area contributed by atoms with E-state index in [2.05, 4.69) is 22.4 Å². The Kier molecular flexibility index (Phi) is 7.72. The van der Waals surface area contributed by atoms with Crippen LogP contribution in [0, 0.1) is 6.92 Å². The SMILES string of the molecule is CCc1cccc(C)c1NC(=O)CSc1nnc(-c2ccc(OC)cc2)n1-c1ccc(OC)cc1. The maximum absolute atomic E-state index is 12.9. The molecule has 1 aromatic heterocycles. The van der Waals surface area contributed by atoms with Gasteiger partial charge in [0, 0.05) is 16.9 Å². The molecule has 180 valence electrons. The fraction of sp³-hybridized carbons (Fsp3) is 0.222. The number of rotatable bonds is 9. The standard InChI is InChI=1S/C27H28N4O3S/c1-5-19-8-6-7-18(2)25(19)28-24(32)17-35-27-30-29-26(20-9-13-22(33-3)14-10-20)31(27)21-11-15-23(34-4)16-12-21/h6-16H,5,17H2,1-4H3,(H,28,32). The maximum Gasteiger partial charge on any atom is 0.234 e. The van der Waals surface area contributed by atoms with E-state index < -0.39 is 0 Å². The molecule has 0 saturated carbocycles. The first kappa shape index (κ1) is 24.3. The number of aromatic nitrogens is 3. The minimum Gasteiger partial charge on any atom is -0.497 e. The van der Waals surface area contributed by atoms with E-state index in [1.807, 2.05) is 78.2 Å². The highest BCUT2D eigenvalue weighted by Gasteiger charge is 2.18. The predicted molar refractivity (Wildman–Crippen MR) is 140 cm³/mol. The van der Waals surface area contributed by atoms with Gasteiger partial charge in [0.2, 0.25) is 5.91 Å². The molecule has 35 heavy (non-hydrogen) atoms. The van der Waals surface area contributed by atoms with Crippen LogP contribution < -0.4 is 14.8 Å². The van der Waals surface area contributed by atoms with Gasteiger partial charge in [0.25, 0.3) is 0 Å². The molecule has 0 radical (unpaired) electrons. The van der Waals surface area contributed by atoms with E-state index in [0.717, 1.165) is 46.0 Å². The number of amides is 1. The van der Waals surface area contributed by atoms with Crippen molar-refractivity contribution in [2.75, 3.05) is 25.3 Å². The molecule has 7 nitrogen and oxygen atoms in total. The lowest BCUT2D eigenvalue weighted by molar-refractivity contribution is -0.113. The van der Waals surface area contributed by atoms with Gasteiger partial charge in [-0.15, -0.1) is 10.2 Å². The summed E-state index contributed by atoms with van der Waals surface area (Å²) in [6.07, 6.45) is 0.849. The number of nitrogens with one attached hydrogen (secondary N) is 1. The molecule has 4 aromatic rings. The monoisotopic (exact) mass is 488 g/mol. The Morgan fingerprint density at radius 1 is 0.943 bits per heavy atom. The van der Waals surface area contributed by atoms with Gasteiger partial charge in [-0.05, 0) is 73.0 Å². The van der Waals surface area contributed by atoms with Crippen molar-refractivity contribution in [2.24, 2.45) is 0 Å². The molecule has 1 heterocycles. The lowest BCUT2D eigenvalue weighted by Gasteiger charge is -2.13. The molecule has 0 spiro atoms. The van der Waals surface area contributed by atoms with Crippen molar-refractivity contribution in [3.63, 3.8) is 0 Å². The number of nitrogens with zero attached hydrogens (tertiary/aromatic N) is 3. The zero-order valence-electron chi connectivity index (χ0n) is 20.2. The van der Waals surface area contributed by atoms with Crippen molar-refractivity contribution >= 4 is 23.4 Å². The predicted octanol–water partition coefficient (Wildman–Crippen LogP) is 5.55. The van der Waals surface area contributed by atoms with E-state index >= 15 is 0 Å². The van der Waals surface area contributed by atoms with Crippen molar-refractivity contribution in [3.8, 4) is 28.6 Å². The number of carbonyl (C=O) groups is 1. The van der Waals surface area contributed by atoms with Crippen LogP contribution >= 0.6 is 11.8 Å². The van der Waals surface area contributed by atoms with Gasteiger partial charge in [0.1, 0.15) is 11.5 Å². The Morgan fingerprint density at radius 2 is 1.60 bits per heavy atom.